The number of thioether (sulfide) groups is 1. The average molecular weight is 256 g/mol. The molecule has 1 aliphatic rings. The topological polar surface area (TPSA) is 41.1 Å². The summed E-state index contributed by atoms with van der Waals surface area (Å²) in [6.45, 7) is 0.599. The molecule has 0 radical (unpaired) electrons. The Hall–Kier alpha value is -0.430. The summed E-state index contributed by atoms with van der Waals surface area (Å²) in [4.78, 5) is 11.1. The number of nitrogens with one attached hydrogen (secondary N) is 2. The zero-order valence-corrected chi connectivity index (χ0v) is 9.59. The van der Waals surface area contributed by atoms with E-state index in [2.05, 4.69) is 5.32 Å². The lowest BCUT2D eigenvalue weighted by Gasteiger charge is -2.21. The molecule has 0 aromatic rings. The van der Waals surface area contributed by atoms with Crippen LogP contribution in [-0.2, 0) is 4.79 Å². The molecule has 0 atom stereocenters. The van der Waals surface area contributed by atoms with Crippen LogP contribution in [0.5, 0.6) is 0 Å². The zero-order chi connectivity index (χ0) is 12.0. The first-order valence-corrected chi connectivity index (χ1v) is 6.18. The first kappa shape index (κ1) is 13.6. The SMILES string of the molecule is O=C(CSC1CCNCC1)NCC(F)(F)F. The van der Waals surface area contributed by atoms with Crippen LogP contribution in [0.25, 0.3) is 0 Å². The molecule has 0 saturated carbocycles. The van der Waals surface area contributed by atoms with Gasteiger partial charge in [-0.3, -0.25) is 4.79 Å². The van der Waals surface area contributed by atoms with Crippen molar-refractivity contribution < 1.29 is 18.0 Å². The fourth-order valence-corrected chi connectivity index (χ4v) is 2.46. The van der Waals surface area contributed by atoms with Gasteiger partial charge in [-0.1, -0.05) is 0 Å². The predicted octanol–water partition coefficient (Wildman–Crippen LogP) is 1.15. The van der Waals surface area contributed by atoms with Gasteiger partial charge in [-0.25, -0.2) is 0 Å². The highest BCUT2D eigenvalue weighted by Crippen LogP contribution is 2.19. The number of carbonyl (C=O) groups excluding carboxylic acids is 1. The van der Waals surface area contributed by atoms with E-state index >= 15 is 0 Å². The van der Waals surface area contributed by atoms with Gasteiger partial charge in [-0.15, -0.1) is 11.8 Å². The molecule has 94 valence electrons. The van der Waals surface area contributed by atoms with Crippen molar-refractivity contribution in [3.05, 3.63) is 0 Å². The maximum absolute atomic E-state index is 11.8. The number of carbonyl (C=O) groups is 1. The van der Waals surface area contributed by atoms with Crippen molar-refractivity contribution in [2.75, 3.05) is 25.4 Å². The Kier molecular flexibility index (Phi) is 5.40. The molecule has 0 spiro atoms. The molecule has 1 saturated heterocycles. The molecule has 1 fully saturated rings. The molecule has 1 aliphatic heterocycles. The van der Waals surface area contributed by atoms with Crippen molar-refractivity contribution in [2.24, 2.45) is 0 Å². The van der Waals surface area contributed by atoms with Crippen LogP contribution in [0.3, 0.4) is 0 Å². The molecule has 1 amide bonds. The lowest BCUT2D eigenvalue weighted by atomic mass is 10.2. The van der Waals surface area contributed by atoms with Gasteiger partial charge in [0.1, 0.15) is 6.54 Å². The average Bonchev–Trinajstić information content (AvgIpc) is 2.24. The molecule has 1 rings (SSSR count). The summed E-state index contributed by atoms with van der Waals surface area (Å²) in [6, 6.07) is 0. The van der Waals surface area contributed by atoms with E-state index in [0.717, 1.165) is 25.9 Å². The molecular weight excluding hydrogens is 241 g/mol. The Bertz CT molecular complexity index is 229. The van der Waals surface area contributed by atoms with Crippen molar-refractivity contribution in [1.29, 1.82) is 0 Å². The van der Waals surface area contributed by atoms with Gasteiger partial charge in [0, 0.05) is 5.25 Å². The molecule has 0 bridgehead atoms. The highest BCUT2D eigenvalue weighted by molar-refractivity contribution is 8.00. The van der Waals surface area contributed by atoms with Gasteiger partial charge < -0.3 is 10.6 Å². The van der Waals surface area contributed by atoms with Crippen LogP contribution in [0.1, 0.15) is 12.8 Å². The second-order valence-electron chi connectivity index (χ2n) is 3.65. The highest BCUT2D eigenvalue weighted by Gasteiger charge is 2.27. The van der Waals surface area contributed by atoms with Gasteiger partial charge in [0.2, 0.25) is 5.91 Å². The second kappa shape index (κ2) is 6.34. The van der Waals surface area contributed by atoms with Crippen molar-refractivity contribution in [3.63, 3.8) is 0 Å². The van der Waals surface area contributed by atoms with Gasteiger partial charge in [0.25, 0.3) is 0 Å². The van der Waals surface area contributed by atoms with Crippen LogP contribution < -0.4 is 10.6 Å². The second-order valence-corrected chi connectivity index (χ2v) is 4.94. The molecule has 3 nitrogen and oxygen atoms in total. The quantitative estimate of drug-likeness (QED) is 0.793. The van der Waals surface area contributed by atoms with Crippen LogP contribution in [-0.4, -0.2) is 42.7 Å². The van der Waals surface area contributed by atoms with Crippen LogP contribution in [0.2, 0.25) is 0 Å². The van der Waals surface area contributed by atoms with Gasteiger partial charge >= 0.3 is 6.18 Å². The van der Waals surface area contributed by atoms with Crippen LogP contribution >= 0.6 is 11.8 Å². The van der Waals surface area contributed by atoms with Crippen LogP contribution in [0.4, 0.5) is 13.2 Å². The van der Waals surface area contributed by atoms with E-state index in [0.29, 0.717) is 5.25 Å². The minimum atomic E-state index is -4.32. The molecular formula is C9H15F3N2OS. The zero-order valence-electron chi connectivity index (χ0n) is 8.77. The van der Waals surface area contributed by atoms with Gasteiger partial charge in [0.05, 0.1) is 5.75 Å². The van der Waals surface area contributed by atoms with E-state index in [-0.39, 0.29) is 5.75 Å². The summed E-state index contributed by atoms with van der Waals surface area (Å²) in [7, 11) is 0. The third kappa shape index (κ3) is 6.22. The number of amides is 1. The van der Waals surface area contributed by atoms with Crippen LogP contribution in [0, 0.1) is 0 Å². The maximum Gasteiger partial charge on any atom is 0.405 e. The summed E-state index contributed by atoms with van der Waals surface area (Å²) in [5.41, 5.74) is 0. The van der Waals surface area contributed by atoms with Gasteiger partial charge in [-0.2, -0.15) is 13.2 Å². The maximum atomic E-state index is 11.8. The molecule has 0 unspecified atom stereocenters. The van der Waals surface area contributed by atoms with Crippen LogP contribution in [0.15, 0.2) is 0 Å². The van der Waals surface area contributed by atoms with E-state index in [1.54, 1.807) is 0 Å². The minimum Gasteiger partial charge on any atom is -0.346 e. The number of piperidine rings is 1. The van der Waals surface area contributed by atoms with E-state index in [1.807, 2.05) is 5.32 Å². The Morgan fingerprint density at radius 1 is 1.38 bits per heavy atom. The molecule has 1 heterocycles. The number of hydrogen-bond donors (Lipinski definition) is 2. The summed E-state index contributed by atoms with van der Waals surface area (Å²) < 4.78 is 35.3. The third-order valence-electron chi connectivity index (χ3n) is 2.22. The Labute approximate surface area is 96.5 Å². The monoisotopic (exact) mass is 256 g/mol. The molecule has 16 heavy (non-hydrogen) atoms. The first-order chi connectivity index (χ1) is 7.47. The summed E-state index contributed by atoms with van der Waals surface area (Å²) in [6.07, 6.45) is -2.39. The lowest BCUT2D eigenvalue weighted by Crippen LogP contribution is -2.36. The largest absolute Gasteiger partial charge is 0.405 e. The highest BCUT2D eigenvalue weighted by atomic mass is 32.2. The molecule has 7 heteroatoms. The predicted molar refractivity (Wildman–Crippen MR) is 57.4 cm³/mol. The number of alkyl halides is 3. The Morgan fingerprint density at radius 2 is 2.00 bits per heavy atom. The standard InChI is InChI=1S/C9H15F3N2OS/c10-9(11,12)6-14-8(15)5-16-7-1-3-13-4-2-7/h7,13H,1-6H2,(H,14,15). The first-order valence-electron chi connectivity index (χ1n) is 5.13. The minimum absolute atomic E-state index is 0.112. The van der Waals surface area contributed by atoms with E-state index in [9.17, 15) is 18.0 Å². The number of rotatable bonds is 4. The molecule has 0 aromatic carbocycles. The molecule has 0 aliphatic carbocycles. The number of hydrogen-bond acceptors (Lipinski definition) is 3. The third-order valence-corrected chi connectivity index (χ3v) is 3.59. The van der Waals surface area contributed by atoms with E-state index < -0.39 is 18.6 Å². The molecule has 0 aromatic heterocycles. The lowest BCUT2D eigenvalue weighted by molar-refractivity contribution is -0.136. The van der Waals surface area contributed by atoms with Crippen molar-refractivity contribution in [3.8, 4) is 0 Å². The normalized spacial score (nSPS) is 18.4. The van der Waals surface area contributed by atoms with E-state index in [1.165, 1.54) is 11.8 Å². The Balaban J connectivity index is 2.09. The Morgan fingerprint density at radius 3 is 2.56 bits per heavy atom. The fraction of sp³-hybridized carbons (Fsp3) is 0.889. The fourth-order valence-electron chi connectivity index (χ4n) is 1.41. The van der Waals surface area contributed by atoms with Gasteiger partial charge in [0.15, 0.2) is 0 Å². The van der Waals surface area contributed by atoms with Gasteiger partial charge in [-0.05, 0) is 25.9 Å². The molecule has 2 N–H and O–H groups in total. The van der Waals surface area contributed by atoms with E-state index in [4.69, 9.17) is 0 Å². The van der Waals surface area contributed by atoms with Crippen molar-refractivity contribution >= 4 is 17.7 Å². The summed E-state index contributed by atoms with van der Waals surface area (Å²) in [5.74, 6) is -0.429. The van der Waals surface area contributed by atoms with Crippen molar-refractivity contribution in [1.82, 2.24) is 10.6 Å². The summed E-state index contributed by atoms with van der Waals surface area (Å²) >= 11 is 1.44. The summed E-state index contributed by atoms with van der Waals surface area (Å²) in [5, 5.41) is 5.43. The van der Waals surface area contributed by atoms with Crippen molar-refractivity contribution in [2.45, 2.75) is 24.3 Å². The smallest absolute Gasteiger partial charge is 0.346 e. The number of halogens is 3.